The Morgan fingerprint density at radius 2 is 2.03 bits per heavy atom. The summed E-state index contributed by atoms with van der Waals surface area (Å²) in [7, 11) is 1.85. The van der Waals surface area contributed by atoms with Crippen molar-refractivity contribution >= 4 is 49.1 Å². The van der Waals surface area contributed by atoms with E-state index in [1.165, 1.54) is 27.6 Å². The molecule has 0 spiro atoms. The Morgan fingerprint density at radius 3 is 2.84 bits per heavy atom. The highest BCUT2D eigenvalue weighted by atomic mass is 32.1. The van der Waals surface area contributed by atoms with Gasteiger partial charge < -0.3 is 15.7 Å². The standard InChI is InChI=1S/C23H20N6OS/c1-28-20-18(21-22(28)27-19(31-21)11-17(25)8-9-24)12-26-29(23(20)30)13-14-6-7-15-4-2-3-5-16(15)10-14/h2-10,12,25H,11,13,24H2,1H3/b9-8-,25-17?. The average molecular weight is 429 g/mol. The minimum atomic E-state index is -0.140. The van der Waals surface area contributed by atoms with Crippen LogP contribution in [0, 0.1) is 5.41 Å². The number of nitrogens with one attached hydrogen (secondary N) is 1. The number of fused-ring (bicyclic) bond motifs is 4. The zero-order valence-electron chi connectivity index (χ0n) is 16.9. The molecule has 3 N–H and O–H groups in total. The van der Waals surface area contributed by atoms with Crippen molar-refractivity contribution in [2.45, 2.75) is 13.0 Å². The first-order valence-electron chi connectivity index (χ1n) is 9.82. The van der Waals surface area contributed by atoms with Gasteiger partial charge in [0.15, 0.2) is 5.65 Å². The van der Waals surface area contributed by atoms with E-state index in [9.17, 15) is 4.79 Å². The number of nitrogens with zero attached hydrogens (tertiary/aromatic N) is 4. The molecule has 31 heavy (non-hydrogen) atoms. The molecule has 5 rings (SSSR count). The lowest BCUT2D eigenvalue weighted by atomic mass is 10.1. The number of nitrogens with two attached hydrogens (primary N) is 1. The van der Waals surface area contributed by atoms with Gasteiger partial charge in [-0.2, -0.15) is 5.10 Å². The molecule has 0 fully saturated rings. The molecular weight excluding hydrogens is 408 g/mol. The first kappa shape index (κ1) is 19.2. The second kappa shape index (κ2) is 7.48. The summed E-state index contributed by atoms with van der Waals surface area (Å²) < 4.78 is 4.24. The summed E-state index contributed by atoms with van der Waals surface area (Å²) in [6, 6.07) is 14.3. The monoisotopic (exact) mass is 428 g/mol. The van der Waals surface area contributed by atoms with E-state index in [1.807, 2.05) is 29.8 Å². The summed E-state index contributed by atoms with van der Waals surface area (Å²) in [5.41, 5.74) is 7.96. The van der Waals surface area contributed by atoms with Crippen molar-refractivity contribution in [2.75, 3.05) is 0 Å². The van der Waals surface area contributed by atoms with Gasteiger partial charge in [0, 0.05) is 24.6 Å². The smallest absolute Gasteiger partial charge is 0.291 e. The predicted molar refractivity (Wildman–Crippen MR) is 126 cm³/mol. The zero-order valence-corrected chi connectivity index (χ0v) is 17.7. The van der Waals surface area contributed by atoms with Crippen LogP contribution in [0.15, 0.2) is 65.7 Å². The van der Waals surface area contributed by atoms with Crippen LogP contribution >= 0.6 is 11.3 Å². The van der Waals surface area contributed by atoms with Crippen LogP contribution in [0.4, 0.5) is 0 Å². The van der Waals surface area contributed by atoms with E-state index in [2.05, 4.69) is 34.3 Å². The van der Waals surface area contributed by atoms with E-state index >= 15 is 0 Å². The molecule has 0 aliphatic rings. The fourth-order valence-electron chi connectivity index (χ4n) is 3.87. The molecule has 0 atom stereocenters. The van der Waals surface area contributed by atoms with Gasteiger partial charge in [-0.1, -0.05) is 36.4 Å². The normalized spacial score (nSPS) is 11.9. The average Bonchev–Trinajstić information content (AvgIpc) is 3.28. The van der Waals surface area contributed by atoms with Crippen LogP contribution < -0.4 is 11.3 Å². The SMILES string of the molecule is Cn1c2nc(CC(=N)/C=C\N)sc2c2cnn(Cc3ccc4ccccc4c3)c(=O)c21. The van der Waals surface area contributed by atoms with E-state index < -0.39 is 0 Å². The van der Waals surface area contributed by atoms with E-state index in [0.717, 1.165) is 31.7 Å². The minimum absolute atomic E-state index is 0.140. The van der Waals surface area contributed by atoms with Gasteiger partial charge >= 0.3 is 0 Å². The Labute approximate surface area is 181 Å². The number of hydrogen-bond donors (Lipinski definition) is 2. The Balaban J connectivity index is 1.55. The van der Waals surface area contributed by atoms with E-state index in [4.69, 9.17) is 11.1 Å². The summed E-state index contributed by atoms with van der Waals surface area (Å²) >= 11 is 1.49. The third kappa shape index (κ3) is 3.30. The van der Waals surface area contributed by atoms with Crippen LogP contribution in [-0.4, -0.2) is 25.0 Å². The Morgan fingerprint density at radius 1 is 1.23 bits per heavy atom. The summed E-state index contributed by atoms with van der Waals surface area (Å²) in [5, 5.41) is 16.3. The van der Waals surface area contributed by atoms with Crippen LogP contribution in [0.3, 0.4) is 0 Å². The molecule has 0 unspecified atom stereocenters. The van der Waals surface area contributed by atoms with Gasteiger partial charge in [-0.3, -0.25) is 4.79 Å². The molecule has 2 aromatic carbocycles. The fraction of sp³-hybridized carbons (Fsp3) is 0.130. The van der Waals surface area contributed by atoms with Gasteiger partial charge in [0.05, 0.1) is 17.4 Å². The quantitative estimate of drug-likeness (QED) is 0.418. The van der Waals surface area contributed by atoms with Crippen LogP contribution in [0.1, 0.15) is 10.6 Å². The van der Waals surface area contributed by atoms with Gasteiger partial charge in [0.1, 0.15) is 10.5 Å². The maximum atomic E-state index is 13.2. The molecule has 7 nitrogen and oxygen atoms in total. The number of aromatic nitrogens is 4. The van der Waals surface area contributed by atoms with Crippen molar-refractivity contribution in [2.24, 2.45) is 12.8 Å². The van der Waals surface area contributed by atoms with Gasteiger partial charge in [0.2, 0.25) is 0 Å². The van der Waals surface area contributed by atoms with E-state index in [1.54, 1.807) is 12.3 Å². The Kier molecular flexibility index (Phi) is 4.63. The topological polar surface area (TPSA) is 103 Å². The van der Waals surface area contributed by atoms with Gasteiger partial charge in [0.25, 0.3) is 5.56 Å². The van der Waals surface area contributed by atoms with Gasteiger partial charge in [-0.25, -0.2) is 9.67 Å². The van der Waals surface area contributed by atoms with E-state index in [-0.39, 0.29) is 5.56 Å². The number of hydrogen-bond acceptors (Lipinski definition) is 6. The predicted octanol–water partition coefficient (Wildman–Crippen LogP) is 3.58. The molecule has 3 heterocycles. The lowest BCUT2D eigenvalue weighted by molar-refractivity contribution is 0.644. The number of thiazole rings is 1. The first-order chi connectivity index (χ1) is 15.0. The third-order valence-corrected chi connectivity index (χ3v) is 6.43. The number of aryl methyl sites for hydroxylation is 1. The second-order valence-electron chi connectivity index (χ2n) is 7.43. The molecule has 0 aliphatic carbocycles. The number of rotatable bonds is 5. The maximum Gasteiger partial charge on any atom is 0.291 e. The highest BCUT2D eigenvalue weighted by Crippen LogP contribution is 2.31. The van der Waals surface area contributed by atoms with Crippen molar-refractivity contribution in [3.05, 3.63) is 81.9 Å². The zero-order chi connectivity index (χ0) is 21.5. The summed E-state index contributed by atoms with van der Waals surface area (Å²) in [6.07, 6.45) is 5.05. The molecule has 154 valence electrons. The van der Waals surface area contributed by atoms with E-state index in [0.29, 0.717) is 24.2 Å². The molecule has 0 saturated heterocycles. The molecule has 8 heteroatoms. The lowest BCUT2D eigenvalue weighted by Gasteiger charge is -2.07. The van der Waals surface area contributed by atoms with Crippen molar-refractivity contribution in [3.8, 4) is 0 Å². The Bertz CT molecular complexity index is 1560. The third-order valence-electron chi connectivity index (χ3n) is 5.35. The van der Waals surface area contributed by atoms with Crippen molar-refractivity contribution in [3.63, 3.8) is 0 Å². The second-order valence-corrected chi connectivity index (χ2v) is 8.52. The molecule has 0 aliphatic heterocycles. The highest BCUT2D eigenvalue weighted by Gasteiger charge is 2.18. The number of allylic oxidation sites excluding steroid dienone is 1. The minimum Gasteiger partial charge on any atom is -0.405 e. The maximum absolute atomic E-state index is 13.2. The molecule has 0 radical (unpaired) electrons. The first-order valence-corrected chi connectivity index (χ1v) is 10.6. The van der Waals surface area contributed by atoms with Crippen molar-refractivity contribution in [1.29, 1.82) is 5.41 Å². The summed E-state index contributed by atoms with van der Waals surface area (Å²) in [5.74, 6) is 0. The molecule has 5 aromatic rings. The van der Waals surface area contributed by atoms with Gasteiger partial charge in [-0.15, -0.1) is 11.3 Å². The fourth-order valence-corrected chi connectivity index (χ4v) is 5.00. The van der Waals surface area contributed by atoms with Gasteiger partial charge in [-0.05, 0) is 34.7 Å². The van der Waals surface area contributed by atoms with Crippen molar-refractivity contribution in [1.82, 2.24) is 19.3 Å². The summed E-state index contributed by atoms with van der Waals surface area (Å²) in [6.45, 7) is 0.402. The van der Waals surface area contributed by atoms with Crippen LogP contribution in [0.25, 0.3) is 32.0 Å². The van der Waals surface area contributed by atoms with Crippen LogP contribution in [-0.2, 0) is 20.0 Å². The lowest BCUT2D eigenvalue weighted by Crippen LogP contribution is -2.24. The van der Waals surface area contributed by atoms with Crippen LogP contribution in [0.5, 0.6) is 0 Å². The van der Waals surface area contributed by atoms with Crippen molar-refractivity contribution < 1.29 is 0 Å². The van der Waals surface area contributed by atoms with Crippen LogP contribution in [0.2, 0.25) is 0 Å². The number of benzene rings is 2. The molecule has 0 saturated carbocycles. The highest BCUT2D eigenvalue weighted by molar-refractivity contribution is 7.19. The molecule has 0 bridgehead atoms. The Hall–Kier alpha value is -3.78. The largest absolute Gasteiger partial charge is 0.405 e. The molecule has 3 aromatic heterocycles. The summed E-state index contributed by atoms with van der Waals surface area (Å²) in [4.78, 5) is 17.9. The molecule has 0 amide bonds. The molecular formula is C23H20N6OS.